The summed E-state index contributed by atoms with van der Waals surface area (Å²) in [6.07, 6.45) is 0. The zero-order valence-corrected chi connectivity index (χ0v) is 19.7. The molecule has 0 saturated heterocycles. The van der Waals surface area contributed by atoms with E-state index in [2.05, 4.69) is 5.32 Å². The molecule has 1 aliphatic heterocycles. The first-order chi connectivity index (χ1) is 15.7. The van der Waals surface area contributed by atoms with Gasteiger partial charge < -0.3 is 14.8 Å². The van der Waals surface area contributed by atoms with Gasteiger partial charge in [0.05, 0.1) is 10.6 Å². The Labute approximate surface area is 197 Å². The number of amides is 1. The third-order valence-corrected chi connectivity index (χ3v) is 7.46. The molecule has 3 aromatic rings. The van der Waals surface area contributed by atoms with Crippen LogP contribution in [0.25, 0.3) is 0 Å². The highest BCUT2D eigenvalue weighted by Gasteiger charge is 2.27. The van der Waals surface area contributed by atoms with Crippen LogP contribution in [-0.2, 0) is 21.4 Å². The highest BCUT2D eigenvalue weighted by Crippen LogP contribution is 2.32. The van der Waals surface area contributed by atoms with E-state index in [-0.39, 0.29) is 18.2 Å². The molecule has 0 unspecified atom stereocenters. The van der Waals surface area contributed by atoms with Crippen LogP contribution in [0.15, 0.2) is 65.6 Å². The second-order valence-corrected chi connectivity index (χ2v) is 9.99. The lowest BCUT2D eigenvalue weighted by atomic mass is 10.2. The first-order valence-electron chi connectivity index (χ1n) is 10.2. The number of sulfonamides is 1. The molecule has 0 bridgehead atoms. The van der Waals surface area contributed by atoms with Crippen molar-refractivity contribution in [2.75, 3.05) is 17.6 Å². The number of aryl methyl sites for hydroxylation is 2. The van der Waals surface area contributed by atoms with E-state index in [4.69, 9.17) is 21.1 Å². The monoisotopic (exact) mass is 486 g/mol. The molecule has 0 aromatic heterocycles. The zero-order chi connectivity index (χ0) is 23.6. The molecule has 4 rings (SSSR count). The van der Waals surface area contributed by atoms with Gasteiger partial charge in [-0.3, -0.25) is 9.10 Å². The van der Waals surface area contributed by atoms with Gasteiger partial charge in [0.25, 0.3) is 10.0 Å². The van der Waals surface area contributed by atoms with Gasteiger partial charge in [-0.15, -0.1) is 0 Å². The Morgan fingerprint density at radius 2 is 1.73 bits per heavy atom. The van der Waals surface area contributed by atoms with E-state index in [0.29, 0.717) is 22.2 Å². The third-order valence-electron chi connectivity index (χ3n) is 5.27. The highest BCUT2D eigenvalue weighted by atomic mass is 35.5. The van der Waals surface area contributed by atoms with Crippen molar-refractivity contribution in [3.8, 4) is 11.5 Å². The first-order valence-corrected chi connectivity index (χ1v) is 12.1. The number of carbonyl (C=O) groups is 1. The number of benzene rings is 3. The van der Waals surface area contributed by atoms with Gasteiger partial charge >= 0.3 is 0 Å². The molecular formula is C24H23ClN2O5S. The predicted molar refractivity (Wildman–Crippen MR) is 126 cm³/mol. The van der Waals surface area contributed by atoms with Gasteiger partial charge in [0, 0.05) is 11.6 Å². The molecule has 1 amide bonds. The number of rotatable bonds is 7. The summed E-state index contributed by atoms with van der Waals surface area (Å²) in [4.78, 5) is 12.9. The van der Waals surface area contributed by atoms with Crippen LogP contribution in [0, 0.1) is 13.8 Å². The van der Waals surface area contributed by atoms with E-state index in [1.54, 1.807) is 42.5 Å². The molecule has 0 aliphatic carbocycles. The number of ether oxygens (including phenoxy) is 2. The van der Waals surface area contributed by atoms with Crippen molar-refractivity contribution >= 4 is 33.2 Å². The van der Waals surface area contributed by atoms with Crippen molar-refractivity contribution in [3.63, 3.8) is 0 Å². The molecule has 0 spiro atoms. The number of carbonyl (C=O) groups excluding carboxylic acids is 1. The van der Waals surface area contributed by atoms with Gasteiger partial charge in [0.1, 0.15) is 6.54 Å². The molecule has 0 radical (unpaired) electrons. The number of hydrogen-bond donors (Lipinski definition) is 1. The Kier molecular flexibility index (Phi) is 6.49. The second kappa shape index (κ2) is 9.33. The van der Waals surface area contributed by atoms with Crippen LogP contribution in [0.1, 0.15) is 16.7 Å². The van der Waals surface area contributed by atoms with Gasteiger partial charge in [-0.05, 0) is 61.4 Å². The standard InChI is InChI=1S/C24H23ClN2O5S/c1-16-3-8-20(9-4-16)33(29,30)27(19-7-5-17(2)21(25)12-19)14-24(28)26-13-18-6-10-22-23(11-18)32-15-31-22/h3-12H,13-15H2,1-2H3,(H,26,28). The van der Waals surface area contributed by atoms with Crippen molar-refractivity contribution in [2.24, 2.45) is 0 Å². The van der Waals surface area contributed by atoms with Crippen LogP contribution in [0.5, 0.6) is 11.5 Å². The number of nitrogens with one attached hydrogen (secondary N) is 1. The minimum absolute atomic E-state index is 0.0911. The molecule has 33 heavy (non-hydrogen) atoms. The summed E-state index contributed by atoms with van der Waals surface area (Å²) in [5, 5.41) is 3.19. The average Bonchev–Trinajstić information content (AvgIpc) is 3.26. The van der Waals surface area contributed by atoms with E-state index >= 15 is 0 Å². The van der Waals surface area contributed by atoms with E-state index in [1.807, 2.05) is 19.9 Å². The number of hydrogen-bond acceptors (Lipinski definition) is 5. The van der Waals surface area contributed by atoms with Gasteiger partial charge in [-0.2, -0.15) is 0 Å². The predicted octanol–water partition coefficient (Wildman–Crippen LogP) is 4.20. The Bertz CT molecular complexity index is 1290. The van der Waals surface area contributed by atoms with E-state index in [1.165, 1.54) is 12.1 Å². The fourth-order valence-corrected chi connectivity index (χ4v) is 4.91. The third kappa shape index (κ3) is 5.07. The zero-order valence-electron chi connectivity index (χ0n) is 18.2. The average molecular weight is 487 g/mol. The van der Waals surface area contributed by atoms with Gasteiger partial charge in [-0.1, -0.05) is 41.4 Å². The second-order valence-electron chi connectivity index (χ2n) is 7.72. The van der Waals surface area contributed by atoms with Crippen LogP contribution in [-0.4, -0.2) is 27.7 Å². The lowest BCUT2D eigenvalue weighted by Crippen LogP contribution is -2.40. The molecule has 3 aromatic carbocycles. The molecule has 1 aliphatic rings. The molecule has 0 atom stereocenters. The van der Waals surface area contributed by atoms with Gasteiger partial charge in [-0.25, -0.2) is 8.42 Å². The topological polar surface area (TPSA) is 84.9 Å². The van der Waals surface area contributed by atoms with Crippen LogP contribution in [0.3, 0.4) is 0 Å². The van der Waals surface area contributed by atoms with Crippen LogP contribution in [0.4, 0.5) is 5.69 Å². The summed E-state index contributed by atoms with van der Waals surface area (Å²) in [6.45, 7) is 3.67. The largest absolute Gasteiger partial charge is 0.454 e. The molecule has 1 N–H and O–H groups in total. The Morgan fingerprint density at radius 3 is 2.45 bits per heavy atom. The van der Waals surface area contributed by atoms with E-state index in [9.17, 15) is 13.2 Å². The maximum atomic E-state index is 13.5. The van der Waals surface area contributed by atoms with Crippen molar-refractivity contribution in [1.82, 2.24) is 5.32 Å². The molecule has 9 heteroatoms. The molecule has 0 fully saturated rings. The quantitative estimate of drug-likeness (QED) is 0.541. The summed E-state index contributed by atoms with van der Waals surface area (Å²) >= 11 is 6.25. The number of anilines is 1. The number of fused-ring (bicyclic) bond motifs is 1. The Balaban J connectivity index is 1.57. The minimum atomic E-state index is -4.01. The number of nitrogens with zero attached hydrogens (tertiary/aromatic N) is 1. The SMILES string of the molecule is Cc1ccc(S(=O)(=O)N(CC(=O)NCc2ccc3c(c2)OCO3)c2ccc(C)c(Cl)c2)cc1. The maximum Gasteiger partial charge on any atom is 0.264 e. The lowest BCUT2D eigenvalue weighted by molar-refractivity contribution is -0.119. The van der Waals surface area contributed by atoms with Crippen molar-refractivity contribution in [3.05, 3.63) is 82.4 Å². The Hall–Kier alpha value is -3.23. The molecule has 1 heterocycles. The highest BCUT2D eigenvalue weighted by molar-refractivity contribution is 7.92. The molecule has 172 valence electrons. The summed E-state index contributed by atoms with van der Waals surface area (Å²) in [5.74, 6) is 0.802. The maximum absolute atomic E-state index is 13.5. The molecule has 0 saturated carbocycles. The lowest BCUT2D eigenvalue weighted by Gasteiger charge is -2.24. The fourth-order valence-electron chi connectivity index (χ4n) is 3.33. The van der Waals surface area contributed by atoms with E-state index in [0.717, 1.165) is 21.0 Å². The van der Waals surface area contributed by atoms with Gasteiger partial charge in [0.2, 0.25) is 12.7 Å². The van der Waals surface area contributed by atoms with Crippen molar-refractivity contribution in [1.29, 1.82) is 0 Å². The Morgan fingerprint density at radius 1 is 1.00 bits per heavy atom. The summed E-state index contributed by atoms with van der Waals surface area (Å²) < 4.78 is 38.6. The number of halogens is 1. The van der Waals surface area contributed by atoms with Gasteiger partial charge in [0.15, 0.2) is 11.5 Å². The summed E-state index contributed by atoms with van der Waals surface area (Å²) in [6, 6.07) is 16.8. The minimum Gasteiger partial charge on any atom is -0.454 e. The smallest absolute Gasteiger partial charge is 0.264 e. The molecular weight excluding hydrogens is 464 g/mol. The molecule has 7 nitrogen and oxygen atoms in total. The fraction of sp³-hybridized carbons (Fsp3) is 0.208. The van der Waals surface area contributed by atoms with Crippen molar-refractivity contribution in [2.45, 2.75) is 25.3 Å². The summed E-state index contributed by atoms with van der Waals surface area (Å²) in [5.41, 5.74) is 2.85. The van der Waals surface area contributed by atoms with E-state index < -0.39 is 22.5 Å². The van der Waals surface area contributed by atoms with Crippen LogP contribution in [0.2, 0.25) is 5.02 Å². The first kappa shape index (κ1) is 22.9. The van der Waals surface area contributed by atoms with Crippen LogP contribution >= 0.6 is 11.6 Å². The summed E-state index contributed by atoms with van der Waals surface area (Å²) in [7, 11) is -4.01. The normalized spacial score (nSPS) is 12.5. The van der Waals surface area contributed by atoms with Crippen molar-refractivity contribution < 1.29 is 22.7 Å². The van der Waals surface area contributed by atoms with Crippen LogP contribution < -0.4 is 19.1 Å².